The van der Waals surface area contributed by atoms with E-state index in [4.69, 9.17) is 0 Å². The van der Waals surface area contributed by atoms with Crippen molar-refractivity contribution in [3.8, 4) is 0 Å². The average Bonchev–Trinajstić information content (AvgIpc) is 2.67. The van der Waals surface area contributed by atoms with Crippen LogP contribution in [0.1, 0.15) is 26.2 Å². The Hall–Kier alpha value is -0.470. The van der Waals surface area contributed by atoms with E-state index >= 15 is 0 Å². The van der Waals surface area contributed by atoms with E-state index in [2.05, 4.69) is 41.6 Å². The smallest absolute Gasteiger partial charge is 0.0230 e. The molecular weight excluding hydrogens is 190 g/mol. The second kappa shape index (κ2) is 4.85. The van der Waals surface area contributed by atoms with Crippen LogP contribution in [0.25, 0.3) is 0 Å². The molecule has 1 aromatic rings. The van der Waals surface area contributed by atoms with Gasteiger partial charge in [0, 0.05) is 17.5 Å². The second-order valence-electron chi connectivity index (χ2n) is 3.75. The zero-order valence-corrected chi connectivity index (χ0v) is 9.46. The number of benzene rings is 1. The topological polar surface area (TPSA) is 3.24 Å². The van der Waals surface area contributed by atoms with Crippen LogP contribution in [0.3, 0.4) is 0 Å². The van der Waals surface area contributed by atoms with Gasteiger partial charge in [0.2, 0.25) is 0 Å². The number of rotatable bonds is 3. The lowest BCUT2D eigenvalue weighted by molar-refractivity contribution is 0.425. The molecule has 0 aromatic heterocycles. The van der Waals surface area contributed by atoms with Crippen molar-refractivity contribution >= 4 is 11.9 Å². The molecule has 1 fully saturated rings. The summed E-state index contributed by atoms with van der Waals surface area (Å²) < 4.78 is 2.54. The monoisotopic (exact) mass is 207 g/mol. The minimum absolute atomic E-state index is 0.792. The molecule has 1 aromatic carbocycles. The maximum absolute atomic E-state index is 2.54. The Morgan fingerprint density at radius 2 is 2.14 bits per heavy atom. The average molecular weight is 207 g/mol. The van der Waals surface area contributed by atoms with Crippen LogP contribution in [0.15, 0.2) is 35.2 Å². The standard InChI is InChI=1S/C12H17NS/c1-2-11-7-6-10-13(11)14-12-8-4-3-5-9-12/h3-5,8-9,11H,2,6-7,10H2,1H3. The van der Waals surface area contributed by atoms with E-state index in [1.165, 1.54) is 30.7 Å². The molecule has 0 aliphatic carbocycles. The molecule has 1 aliphatic rings. The molecule has 1 aliphatic heterocycles. The summed E-state index contributed by atoms with van der Waals surface area (Å²) in [4.78, 5) is 1.37. The van der Waals surface area contributed by atoms with Gasteiger partial charge in [-0.3, -0.25) is 0 Å². The fourth-order valence-electron chi connectivity index (χ4n) is 1.95. The fourth-order valence-corrected chi connectivity index (χ4v) is 3.13. The molecule has 2 rings (SSSR count). The highest BCUT2D eigenvalue weighted by atomic mass is 32.2. The first kappa shape index (κ1) is 10.1. The van der Waals surface area contributed by atoms with Crippen molar-refractivity contribution in [1.82, 2.24) is 4.31 Å². The maximum Gasteiger partial charge on any atom is 0.0230 e. The minimum atomic E-state index is 0.792. The zero-order valence-electron chi connectivity index (χ0n) is 8.65. The van der Waals surface area contributed by atoms with Gasteiger partial charge in [-0.25, -0.2) is 4.31 Å². The van der Waals surface area contributed by atoms with E-state index in [1.807, 2.05) is 11.9 Å². The first-order valence-corrected chi connectivity index (χ1v) is 6.17. The largest absolute Gasteiger partial charge is 0.243 e. The Kier molecular flexibility index (Phi) is 3.49. The Balaban J connectivity index is 1.97. The van der Waals surface area contributed by atoms with Crippen molar-refractivity contribution in [2.75, 3.05) is 6.54 Å². The Morgan fingerprint density at radius 3 is 2.86 bits per heavy atom. The summed E-state index contributed by atoms with van der Waals surface area (Å²) in [6, 6.07) is 11.5. The first-order valence-electron chi connectivity index (χ1n) is 5.40. The van der Waals surface area contributed by atoms with Gasteiger partial charge in [-0.1, -0.05) is 25.1 Å². The molecule has 1 saturated heterocycles. The molecule has 14 heavy (non-hydrogen) atoms. The predicted molar refractivity (Wildman–Crippen MR) is 62.3 cm³/mol. The first-order chi connectivity index (χ1) is 6.90. The van der Waals surface area contributed by atoms with Crippen LogP contribution >= 0.6 is 11.9 Å². The molecule has 0 N–H and O–H groups in total. The highest BCUT2D eigenvalue weighted by Gasteiger charge is 2.23. The summed E-state index contributed by atoms with van der Waals surface area (Å²) in [5.74, 6) is 0. The number of nitrogens with zero attached hydrogens (tertiary/aromatic N) is 1. The number of hydrogen-bond donors (Lipinski definition) is 0. The van der Waals surface area contributed by atoms with Crippen LogP contribution in [0.2, 0.25) is 0 Å². The summed E-state index contributed by atoms with van der Waals surface area (Å²) in [7, 11) is 0. The lowest BCUT2D eigenvalue weighted by Crippen LogP contribution is -2.21. The third-order valence-corrected chi connectivity index (χ3v) is 3.96. The molecule has 0 radical (unpaired) electrons. The van der Waals surface area contributed by atoms with Crippen LogP contribution in [0.5, 0.6) is 0 Å². The van der Waals surface area contributed by atoms with Crippen LogP contribution in [-0.4, -0.2) is 16.9 Å². The maximum atomic E-state index is 2.54. The third kappa shape index (κ3) is 2.31. The highest BCUT2D eigenvalue weighted by Crippen LogP contribution is 2.31. The van der Waals surface area contributed by atoms with Crippen molar-refractivity contribution in [2.45, 2.75) is 37.1 Å². The SMILES string of the molecule is CCC1CCCN1Sc1ccccc1. The molecule has 76 valence electrons. The lowest BCUT2D eigenvalue weighted by atomic mass is 10.2. The Morgan fingerprint density at radius 1 is 1.36 bits per heavy atom. The predicted octanol–water partition coefficient (Wildman–Crippen LogP) is 3.57. The van der Waals surface area contributed by atoms with E-state index in [-0.39, 0.29) is 0 Å². The minimum Gasteiger partial charge on any atom is -0.243 e. The quantitative estimate of drug-likeness (QED) is 0.697. The third-order valence-electron chi connectivity index (χ3n) is 2.76. The van der Waals surface area contributed by atoms with Crippen molar-refractivity contribution in [2.24, 2.45) is 0 Å². The Bertz CT molecular complexity index is 273. The van der Waals surface area contributed by atoms with Gasteiger partial charge in [-0.05, 0) is 43.3 Å². The van der Waals surface area contributed by atoms with Gasteiger partial charge in [-0.2, -0.15) is 0 Å². The van der Waals surface area contributed by atoms with Crippen LogP contribution in [0, 0.1) is 0 Å². The summed E-state index contributed by atoms with van der Waals surface area (Å²) >= 11 is 1.92. The molecule has 0 bridgehead atoms. The van der Waals surface area contributed by atoms with Gasteiger partial charge in [0.25, 0.3) is 0 Å². The van der Waals surface area contributed by atoms with E-state index in [0.29, 0.717) is 0 Å². The molecule has 0 saturated carbocycles. The molecule has 0 spiro atoms. The summed E-state index contributed by atoms with van der Waals surface area (Å²) in [5, 5.41) is 0. The summed E-state index contributed by atoms with van der Waals surface area (Å²) in [5.41, 5.74) is 0. The lowest BCUT2D eigenvalue weighted by Gasteiger charge is -2.21. The van der Waals surface area contributed by atoms with Crippen molar-refractivity contribution in [1.29, 1.82) is 0 Å². The van der Waals surface area contributed by atoms with Crippen molar-refractivity contribution in [3.63, 3.8) is 0 Å². The number of hydrogen-bond acceptors (Lipinski definition) is 2. The van der Waals surface area contributed by atoms with E-state index < -0.39 is 0 Å². The fraction of sp³-hybridized carbons (Fsp3) is 0.500. The summed E-state index contributed by atoms with van der Waals surface area (Å²) in [6.45, 7) is 3.53. The van der Waals surface area contributed by atoms with E-state index in [0.717, 1.165) is 6.04 Å². The zero-order chi connectivity index (χ0) is 9.80. The van der Waals surface area contributed by atoms with E-state index in [9.17, 15) is 0 Å². The van der Waals surface area contributed by atoms with Crippen molar-refractivity contribution in [3.05, 3.63) is 30.3 Å². The van der Waals surface area contributed by atoms with Crippen LogP contribution in [0.4, 0.5) is 0 Å². The van der Waals surface area contributed by atoms with Crippen LogP contribution in [-0.2, 0) is 0 Å². The molecule has 1 heterocycles. The molecule has 1 unspecified atom stereocenters. The Labute approximate surface area is 90.6 Å². The molecule has 1 nitrogen and oxygen atoms in total. The molecule has 1 atom stereocenters. The molecule has 2 heteroatoms. The van der Waals surface area contributed by atoms with Gasteiger partial charge in [0.1, 0.15) is 0 Å². The normalized spacial score (nSPS) is 22.8. The van der Waals surface area contributed by atoms with Crippen molar-refractivity contribution < 1.29 is 0 Å². The van der Waals surface area contributed by atoms with Gasteiger partial charge in [-0.15, -0.1) is 0 Å². The molecular formula is C12H17NS. The second-order valence-corrected chi connectivity index (χ2v) is 4.87. The molecule has 0 amide bonds. The summed E-state index contributed by atoms with van der Waals surface area (Å²) in [6.07, 6.45) is 4.01. The van der Waals surface area contributed by atoms with Crippen LogP contribution < -0.4 is 0 Å². The van der Waals surface area contributed by atoms with Gasteiger partial charge >= 0.3 is 0 Å². The van der Waals surface area contributed by atoms with E-state index in [1.54, 1.807) is 0 Å². The van der Waals surface area contributed by atoms with Gasteiger partial charge in [0.05, 0.1) is 0 Å². The highest BCUT2D eigenvalue weighted by molar-refractivity contribution is 7.97. The van der Waals surface area contributed by atoms with Gasteiger partial charge < -0.3 is 0 Å². The van der Waals surface area contributed by atoms with Gasteiger partial charge in [0.15, 0.2) is 0 Å².